The molecule has 2 nitrogen and oxygen atoms in total. The summed E-state index contributed by atoms with van der Waals surface area (Å²) in [5.74, 6) is 0.512. The number of quaternary nitrogens is 1. The second kappa shape index (κ2) is 3.87. The smallest absolute Gasteiger partial charge is 0.0876 e. The summed E-state index contributed by atoms with van der Waals surface area (Å²) in [6, 6.07) is 0.273. The topological polar surface area (TPSA) is 39.7 Å². The van der Waals surface area contributed by atoms with Crippen LogP contribution in [0.3, 0.4) is 0 Å². The lowest BCUT2D eigenvalue weighted by atomic mass is 10.0. The minimum Gasteiger partial charge on any atom is -0.636 e. The van der Waals surface area contributed by atoms with Crippen molar-refractivity contribution in [2.45, 2.75) is 33.2 Å². The van der Waals surface area contributed by atoms with Crippen LogP contribution in [0.2, 0.25) is 0 Å². The van der Waals surface area contributed by atoms with Crippen LogP contribution < -0.4 is 5.48 Å². The van der Waals surface area contributed by atoms with Gasteiger partial charge in [-0.3, -0.25) is 0 Å². The van der Waals surface area contributed by atoms with E-state index in [1.54, 1.807) is 0 Å². The van der Waals surface area contributed by atoms with Gasteiger partial charge in [0.25, 0.3) is 0 Å². The standard InChI is InChI=1S/C6H15NO/c1-4-6(7-8)5(2)3/h5-6H,4,7H2,1-3H3. The highest BCUT2D eigenvalue weighted by Crippen LogP contribution is 1.98. The van der Waals surface area contributed by atoms with Crippen molar-refractivity contribution in [3.63, 3.8) is 0 Å². The molecule has 0 aliphatic carbocycles. The molecule has 0 amide bonds. The van der Waals surface area contributed by atoms with E-state index in [0.717, 1.165) is 11.9 Å². The summed E-state index contributed by atoms with van der Waals surface area (Å²) in [6.07, 6.45) is 0.973. The molecule has 0 bridgehead atoms. The van der Waals surface area contributed by atoms with Gasteiger partial charge >= 0.3 is 0 Å². The van der Waals surface area contributed by atoms with Crippen LogP contribution in [0.25, 0.3) is 0 Å². The summed E-state index contributed by atoms with van der Waals surface area (Å²) in [7, 11) is 0. The Balaban J connectivity index is 3.35. The van der Waals surface area contributed by atoms with Crippen LogP contribution in [0.15, 0.2) is 0 Å². The van der Waals surface area contributed by atoms with Gasteiger partial charge in [-0.2, -0.15) is 0 Å². The van der Waals surface area contributed by atoms with Crippen molar-refractivity contribution in [2.75, 3.05) is 0 Å². The zero-order valence-electron chi connectivity index (χ0n) is 5.85. The Morgan fingerprint density at radius 2 is 2.00 bits per heavy atom. The van der Waals surface area contributed by atoms with E-state index in [0.29, 0.717) is 5.92 Å². The predicted molar refractivity (Wildman–Crippen MR) is 34.2 cm³/mol. The maximum atomic E-state index is 10.2. The number of nitrogens with two attached hydrogens (primary N) is 1. The second-order valence-corrected chi connectivity index (χ2v) is 2.45. The van der Waals surface area contributed by atoms with E-state index in [1.807, 2.05) is 6.92 Å². The van der Waals surface area contributed by atoms with Gasteiger partial charge in [-0.15, -0.1) is 0 Å². The number of hydrogen-bond donors (Lipinski definition) is 1. The largest absolute Gasteiger partial charge is 0.636 e. The van der Waals surface area contributed by atoms with E-state index in [4.69, 9.17) is 0 Å². The fourth-order valence-electron chi connectivity index (χ4n) is 0.725. The molecule has 50 valence electrons. The van der Waals surface area contributed by atoms with Crippen LogP contribution >= 0.6 is 0 Å². The van der Waals surface area contributed by atoms with E-state index in [1.165, 1.54) is 0 Å². The lowest BCUT2D eigenvalue weighted by Gasteiger charge is -2.18. The summed E-state index contributed by atoms with van der Waals surface area (Å²) >= 11 is 0. The van der Waals surface area contributed by atoms with E-state index < -0.39 is 0 Å². The summed E-state index contributed by atoms with van der Waals surface area (Å²) in [6.45, 7) is 6.18. The SMILES string of the molecule is CCC([NH2+][O-])C(C)C. The maximum absolute atomic E-state index is 10.2. The minimum atomic E-state index is 0.273. The molecule has 0 rings (SSSR count). The Hall–Kier alpha value is -0.0800. The molecule has 1 unspecified atom stereocenters. The highest BCUT2D eigenvalue weighted by Gasteiger charge is 2.08. The van der Waals surface area contributed by atoms with Gasteiger partial charge in [0.1, 0.15) is 0 Å². The Morgan fingerprint density at radius 3 is 2.00 bits per heavy atom. The normalized spacial score (nSPS) is 14.6. The van der Waals surface area contributed by atoms with Crippen molar-refractivity contribution in [3.05, 3.63) is 5.21 Å². The van der Waals surface area contributed by atoms with E-state index in [-0.39, 0.29) is 6.04 Å². The molecule has 0 aromatic heterocycles. The molecule has 0 aromatic carbocycles. The van der Waals surface area contributed by atoms with Crippen molar-refractivity contribution in [3.8, 4) is 0 Å². The molecule has 0 aliphatic heterocycles. The van der Waals surface area contributed by atoms with E-state index in [2.05, 4.69) is 13.8 Å². The number of hydroxylamine groups is 1. The Morgan fingerprint density at radius 1 is 1.50 bits per heavy atom. The average molecular weight is 117 g/mol. The molecule has 0 heterocycles. The molecular weight excluding hydrogens is 102 g/mol. The van der Waals surface area contributed by atoms with Crippen molar-refractivity contribution >= 4 is 0 Å². The summed E-state index contributed by atoms with van der Waals surface area (Å²) in [5.41, 5.74) is 1.05. The van der Waals surface area contributed by atoms with Crippen LogP contribution in [0.1, 0.15) is 27.2 Å². The molecule has 8 heavy (non-hydrogen) atoms. The van der Waals surface area contributed by atoms with Crippen LogP contribution in [0, 0.1) is 11.1 Å². The van der Waals surface area contributed by atoms with Crippen LogP contribution in [-0.2, 0) is 0 Å². The van der Waals surface area contributed by atoms with Crippen molar-refractivity contribution < 1.29 is 5.48 Å². The van der Waals surface area contributed by atoms with Gasteiger partial charge in [-0.25, -0.2) is 0 Å². The molecule has 0 saturated heterocycles. The van der Waals surface area contributed by atoms with Gasteiger partial charge < -0.3 is 10.7 Å². The third-order valence-corrected chi connectivity index (χ3v) is 1.50. The van der Waals surface area contributed by atoms with Gasteiger partial charge in [0.15, 0.2) is 0 Å². The number of hydrogen-bond acceptors (Lipinski definition) is 1. The van der Waals surface area contributed by atoms with Gasteiger partial charge in [-0.1, -0.05) is 20.8 Å². The van der Waals surface area contributed by atoms with Gasteiger partial charge in [-0.05, 0) is 6.42 Å². The van der Waals surface area contributed by atoms with Crippen LogP contribution in [-0.4, -0.2) is 6.04 Å². The number of rotatable bonds is 3. The zero-order chi connectivity index (χ0) is 6.57. The molecule has 0 spiro atoms. The first kappa shape index (κ1) is 7.92. The third-order valence-electron chi connectivity index (χ3n) is 1.50. The van der Waals surface area contributed by atoms with Crippen LogP contribution in [0.5, 0.6) is 0 Å². The van der Waals surface area contributed by atoms with Crippen molar-refractivity contribution in [1.29, 1.82) is 0 Å². The molecule has 2 heteroatoms. The Labute approximate surface area is 50.9 Å². The molecule has 0 radical (unpaired) electrons. The molecule has 0 saturated carbocycles. The fourth-order valence-corrected chi connectivity index (χ4v) is 0.725. The van der Waals surface area contributed by atoms with Crippen LogP contribution in [0.4, 0.5) is 0 Å². The molecule has 2 N–H and O–H groups in total. The summed E-state index contributed by atoms with van der Waals surface area (Å²) in [5, 5.41) is 10.2. The first-order valence-corrected chi connectivity index (χ1v) is 3.17. The lowest BCUT2D eigenvalue weighted by Crippen LogP contribution is -2.85. The van der Waals surface area contributed by atoms with Gasteiger partial charge in [0.2, 0.25) is 0 Å². The summed E-state index contributed by atoms with van der Waals surface area (Å²) < 4.78 is 0. The predicted octanol–water partition coefficient (Wildman–Crippen LogP) is 0.482. The quantitative estimate of drug-likeness (QED) is 0.537. The molecule has 0 aromatic rings. The molecular formula is C6H15NO. The van der Waals surface area contributed by atoms with Crippen molar-refractivity contribution in [1.82, 2.24) is 0 Å². The first-order chi connectivity index (χ1) is 3.72. The average Bonchev–Trinajstić information content (AvgIpc) is 1.69. The van der Waals surface area contributed by atoms with Crippen molar-refractivity contribution in [2.24, 2.45) is 5.92 Å². The molecule has 0 aliphatic rings. The monoisotopic (exact) mass is 117 g/mol. The maximum Gasteiger partial charge on any atom is 0.0876 e. The molecule has 0 fully saturated rings. The third kappa shape index (κ3) is 2.28. The second-order valence-electron chi connectivity index (χ2n) is 2.45. The zero-order valence-corrected chi connectivity index (χ0v) is 5.85. The van der Waals surface area contributed by atoms with Gasteiger partial charge in [0.05, 0.1) is 6.04 Å². The molecule has 1 atom stereocenters. The Bertz CT molecular complexity index is 50.5. The van der Waals surface area contributed by atoms with E-state index >= 15 is 0 Å². The Kier molecular flexibility index (Phi) is 3.83. The van der Waals surface area contributed by atoms with Gasteiger partial charge in [0, 0.05) is 5.92 Å². The highest BCUT2D eigenvalue weighted by atomic mass is 16.5. The first-order valence-electron chi connectivity index (χ1n) is 3.17. The summed E-state index contributed by atoms with van der Waals surface area (Å²) in [4.78, 5) is 0. The van der Waals surface area contributed by atoms with E-state index in [9.17, 15) is 5.21 Å². The minimum absolute atomic E-state index is 0.273. The lowest BCUT2D eigenvalue weighted by molar-refractivity contribution is -0.634. The highest BCUT2D eigenvalue weighted by molar-refractivity contribution is 4.54. The fraction of sp³-hybridized carbons (Fsp3) is 1.00.